The molecule has 0 heterocycles. The van der Waals surface area contributed by atoms with Gasteiger partial charge in [-0.15, -0.1) is 0 Å². The third-order valence-electron chi connectivity index (χ3n) is 1.14. The number of hydrogen-bond acceptors (Lipinski definition) is 4. The van der Waals surface area contributed by atoms with Crippen molar-refractivity contribution in [2.45, 2.75) is 12.8 Å². The Balaban J connectivity index is 4.04. The van der Waals surface area contributed by atoms with Crippen LogP contribution in [0.15, 0.2) is 17.1 Å². The van der Waals surface area contributed by atoms with Crippen LogP contribution in [0, 0.1) is 0 Å². The number of aliphatic imine (C=N–C) groups is 1. The number of carbonyl (C=O) groups excluding carboxylic acids is 2. The first-order valence-corrected chi connectivity index (χ1v) is 3.63. The van der Waals surface area contributed by atoms with Gasteiger partial charge in [-0.1, -0.05) is 6.58 Å². The molecule has 14 heavy (non-hydrogen) atoms. The van der Waals surface area contributed by atoms with E-state index in [1.54, 1.807) is 0 Å². The highest BCUT2D eigenvalue weighted by Crippen LogP contribution is 2.14. The van der Waals surface area contributed by atoms with Crippen LogP contribution in [0.25, 0.3) is 0 Å². The second kappa shape index (κ2) is 5.24. The molecule has 4 nitrogen and oxygen atoms in total. The Morgan fingerprint density at radius 2 is 2.21 bits per heavy atom. The molecule has 0 aromatic heterocycles. The highest BCUT2D eigenvalue weighted by atomic mass is 19.3. The molecule has 0 saturated heterocycles. The highest BCUT2D eigenvalue weighted by Gasteiger charge is 2.30. The Labute approximate surface area is 79.3 Å². The predicted octanol–water partition coefficient (Wildman–Crippen LogP) is 1.08. The molecule has 0 aromatic carbocycles. The zero-order valence-corrected chi connectivity index (χ0v) is 7.55. The quantitative estimate of drug-likeness (QED) is 0.292. The van der Waals surface area contributed by atoms with Crippen LogP contribution in [0.4, 0.5) is 8.78 Å². The SMILES string of the molecule is C=C(C)C(=O)OCC(F)(F)CN=C=O. The zero-order chi connectivity index (χ0) is 11.2. The van der Waals surface area contributed by atoms with Crippen molar-refractivity contribution in [3.05, 3.63) is 12.2 Å². The fourth-order valence-corrected chi connectivity index (χ4v) is 0.488. The molecule has 0 aliphatic heterocycles. The number of nitrogens with zero attached hydrogens (tertiary/aromatic N) is 1. The van der Waals surface area contributed by atoms with Gasteiger partial charge in [0.1, 0.15) is 6.54 Å². The Bertz CT molecular complexity index is 282. The normalized spacial score (nSPS) is 10.2. The number of rotatable bonds is 5. The van der Waals surface area contributed by atoms with Crippen molar-refractivity contribution >= 4 is 12.0 Å². The summed E-state index contributed by atoms with van der Waals surface area (Å²) in [7, 11) is 0. The minimum absolute atomic E-state index is 0.0275. The summed E-state index contributed by atoms with van der Waals surface area (Å²) >= 11 is 0. The van der Waals surface area contributed by atoms with Gasteiger partial charge in [0.25, 0.3) is 0 Å². The average Bonchev–Trinajstić information content (AvgIpc) is 2.11. The van der Waals surface area contributed by atoms with Crippen molar-refractivity contribution in [3.63, 3.8) is 0 Å². The molecule has 0 aliphatic carbocycles. The van der Waals surface area contributed by atoms with Crippen LogP contribution in [-0.4, -0.2) is 31.1 Å². The molecule has 0 unspecified atom stereocenters. The van der Waals surface area contributed by atoms with Crippen LogP contribution in [0.5, 0.6) is 0 Å². The standard InChI is InChI=1S/C8H9F2NO3/c1-6(2)7(13)14-4-8(9,10)3-11-5-12/h1,3-4H2,2H3. The molecule has 0 aromatic rings. The van der Waals surface area contributed by atoms with Gasteiger partial charge in [-0.05, 0) is 6.92 Å². The van der Waals surface area contributed by atoms with E-state index >= 15 is 0 Å². The van der Waals surface area contributed by atoms with Crippen LogP contribution in [0.1, 0.15) is 6.92 Å². The molecule has 6 heteroatoms. The average molecular weight is 205 g/mol. The Kier molecular flexibility index (Phi) is 4.66. The van der Waals surface area contributed by atoms with Crippen molar-refractivity contribution in [1.29, 1.82) is 0 Å². The predicted molar refractivity (Wildman–Crippen MR) is 43.7 cm³/mol. The Morgan fingerprint density at radius 1 is 1.64 bits per heavy atom. The first kappa shape index (κ1) is 12.4. The van der Waals surface area contributed by atoms with Crippen molar-refractivity contribution in [2.24, 2.45) is 4.99 Å². The van der Waals surface area contributed by atoms with E-state index in [1.807, 2.05) is 0 Å². The molecule has 0 radical (unpaired) electrons. The lowest BCUT2D eigenvalue weighted by atomic mass is 10.3. The van der Waals surface area contributed by atoms with Gasteiger partial charge in [0, 0.05) is 5.57 Å². The van der Waals surface area contributed by atoms with E-state index in [-0.39, 0.29) is 5.57 Å². The molecule has 0 N–H and O–H groups in total. The maximum absolute atomic E-state index is 12.7. The van der Waals surface area contributed by atoms with Gasteiger partial charge >= 0.3 is 11.9 Å². The number of halogens is 2. The van der Waals surface area contributed by atoms with Gasteiger partial charge < -0.3 is 4.74 Å². The largest absolute Gasteiger partial charge is 0.456 e. The van der Waals surface area contributed by atoms with Gasteiger partial charge in [0.2, 0.25) is 6.08 Å². The lowest BCUT2D eigenvalue weighted by Crippen LogP contribution is -2.29. The van der Waals surface area contributed by atoms with Crippen LogP contribution in [0.3, 0.4) is 0 Å². The molecular formula is C8H9F2NO3. The van der Waals surface area contributed by atoms with Gasteiger partial charge in [-0.3, -0.25) is 0 Å². The second-order valence-corrected chi connectivity index (χ2v) is 2.62. The minimum atomic E-state index is -3.34. The molecule has 0 rings (SSSR count). The van der Waals surface area contributed by atoms with Crippen molar-refractivity contribution < 1.29 is 23.1 Å². The lowest BCUT2D eigenvalue weighted by Gasteiger charge is -2.12. The van der Waals surface area contributed by atoms with E-state index < -0.39 is 25.0 Å². The van der Waals surface area contributed by atoms with Crippen LogP contribution in [0.2, 0.25) is 0 Å². The van der Waals surface area contributed by atoms with E-state index in [9.17, 15) is 18.4 Å². The number of alkyl halides is 2. The van der Waals surface area contributed by atoms with Crippen molar-refractivity contribution in [3.8, 4) is 0 Å². The maximum atomic E-state index is 12.7. The molecule has 0 bridgehead atoms. The summed E-state index contributed by atoms with van der Waals surface area (Å²) in [6.45, 7) is 2.39. The molecule has 0 aliphatic rings. The molecule has 0 fully saturated rings. The molecule has 0 amide bonds. The molecule has 0 spiro atoms. The van der Waals surface area contributed by atoms with Crippen molar-refractivity contribution in [2.75, 3.05) is 13.2 Å². The summed E-state index contributed by atoms with van der Waals surface area (Å²) in [6, 6.07) is 0. The molecular weight excluding hydrogens is 196 g/mol. The maximum Gasteiger partial charge on any atom is 0.333 e. The van der Waals surface area contributed by atoms with E-state index in [0.717, 1.165) is 6.08 Å². The van der Waals surface area contributed by atoms with E-state index in [2.05, 4.69) is 16.3 Å². The molecule has 78 valence electrons. The summed E-state index contributed by atoms with van der Waals surface area (Å²) in [4.78, 5) is 22.9. The smallest absolute Gasteiger partial charge is 0.333 e. The van der Waals surface area contributed by atoms with Gasteiger partial charge in [-0.2, -0.15) is 4.99 Å². The van der Waals surface area contributed by atoms with Crippen LogP contribution >= 0.6 is 0 Å². The second-order valence-electron chi connectivity index (χ2n) is 2.62. The molecule has 0 saturated carbocycles. The Hall–Kier alpha value is -1.55. The number of isocyanates is 1. The summed E-state index contributed by atoms with van der Waals surface area (Å²) in [6.07, 6.45) is 0.971. The highest BCUT2D eigenvalue weighted by molar-refractivity contribution is 5.86. The minimum Gasteiger partial charge on any atom is -0.456 e. The summed E-state index contributed by atoms with van der Waals surface area (Å²) in [5.41, 5.74) is 0.0275. The lowest BCUT2D eigenvalue weighted by molar-refractivity contribution is -0.149. The first-order chi connectivity index (χ1) is 6.39. The van der Waals surface area contributed by atoms with Crippen LogP contribution in [-0.2, 0) is 14.3 Å². The number of esters is 1. The number of hydrogen-bond donors (Lipinski definition) is 0. The summed E-state index contributed by atoms with van der Waals surface area (Å²) in [5.74, 6) is -4.25. The first-order valence-electron chi connectivity index (χ1n) is 3.63. The third-order valence-corrected chi connectivity index (χ3v) is 1.14. The topological polar surface area (TPSA) is 55.7 Å². The number of ether oxygens (including phenoxy) is 1. The third kappa shape index (κ3) is 5.16. The van der Waals surface area contributed by atoms with Gasteiger partial charge in [-0.25, -0.2) is 18.4 Å². The van der Waals surface area contributed by atoms with Crippen molar-refractivity contribution in [1.82, 2.24) is 0 Å². The summed E-state index contributed by atoms with van der Waals surface area (Å²) < 4.78 is 29.5. The van der Waals surface area contributed by atoms with Gasteiger partial charge in [0.05, 0.1) is 0 Å². The number of carbonyl (C=O) groups is 1. The molecule has 0 atom stereocenters. The van der Waals surface area contributed by atoms with E-state index in [4.69, 9.17) is 0 Å². The van der Waals surface area contributed by atoms with Gasteiger partial charge in [0.15, 0.2) is 6.61 Å². The monoisotopic (exact) mass is 205 g/mol. The van der Waals surface area contributed by atoms with E-state index in [0.29, 0.717) is 0 Å². The fourth-order valence-electron chi connectivity index (χ4n) is 0.488. The zero-order valence-electron chi connectivity index (χ0n) is 7.55. The summed E-state index contributed by atoms with van der Waals surface area (Å²) in [5, 5.41) is 0. The fraction of sp³-hybridized carbons (Fsp3) is 0.500. The Morgan fingerprint density at radius 3 is 2.64 bits per heavy atom. The van der Waals surface area contributed by atoms with E-state index in [1.165, 1.54) is 6.92 Å². The van der Waals surface area contributed by atoms with Crippen LogP contribution < -0.4 is 0 Å².